The number of aromatic nitrogens is 1. The molecule has 0 aliphatic carbocycles. The Kier molecular flexibility index (Phi) is 5.50. The summed E-state index contributed by atoms with van der Waals surface area (Å²) in [5.74, 6) is -1.82. The smallest absolute Gasteiger partial charge is 0.159 e. The van der Waals surface area contributed by atoms with Gasteiger partial charge in [-0.2, -0.15) is 0 Å². The zero-order valence-electron chi connectivity index (χ0n) is 13.4. The molecule has 0 bridgehead atoms. The second-order valence-corrected chi connectivity index (χ2v) is 6.12. The molecule has 4 nitrogen and oxygen atoms in total. The first kappa shape index (κ1) is 17.0. The van der Waals surface area contributed by atoms with Crippen molar-refractivity contribution in [2.75, 3.05) is 32.7 Å². The van der Waals surface area contributed by atoms with E-state index in [1.807, 2.05) is 12.1 Å². The molecule has 1 aliphatic rings. The summed E-state index contributed by atoms with van der Waals surface area (Å²) in [7, 11) is 0. The van der Waals surface area contributed by atoms with Gasteiger partial charge in [-0.3, -0.25) is 14.8 Å². The van der Waals surface area contributed by atoms with Crippen LogP contribution in [0.3, 0.4) is 0 Å². The molecule has 1 saturated heterocycles. The number of hydrogen-bond donors (Lipinski definition) is 1. The number of halogens is 2. The minimum Gasteiger partial charge on any atom is -0.387 e. The van der Waals surface area contributed by atoms with Gasteiger partial charge in [-0.1, -0.05) is 6.07 Å². The van der Waals surface area contributed by atoms with Gasteiger partial charge >= 0.3 is 0 Å². The van der Waals surface area contributed by atoms with Crippen molar-refractivity contribution in [3.63, 3.8) is 0 Å². The molecule has 0 spiro atoms. The topological polar surface area (TPSA) is 39.6 Å². The first-order valence-electron chi connectivity index (χ1n) is 8.08. The first-order chi connectivity index (χ1) is 11.6. The van der Waals surface area contributed by atoms with Gasteiger partial charge in [0.1, 0.15) is 0 Å². The van der Waals surface area contributed by atoms with Gasteiger partial charge < -0.3 is 5.11 Å². The second kappa shape index (κ2) is 7.79. The van der Waals surface area contributed by atoms with Crippen LogP contribution in [0.25, 0.3) is 0 Å². The fraction of sp³-hybridized carbons (Fsp3) is 0.389. The van der Waals surface area contributed by atoms with E-state index in [1.54, 1.807) is 12.4 Å². The molecule has 1 unspecified atom stereocenters. The maximum absolute atomic E-state index is 13.3. The SMILES string of the molecule is OC(CN1CCN(Cc2ccncc2)CC1)c1ccc(F)c(F)c1. The van der Waals surface area contributed by atoms with Crippen LogP contribution in [0.4, 0.5) is 8.78 Å². The number of aliphatic hydroxyl groups is 1. The number of benzene rings is 1. The molecule has 24 heavy (non-hydrogen) atoms. The predicted molar refractivity (Wildman–Crippen MR) is 87.3 cm³/mol. The van der Waals surface area contributed by atoms with Crippen molar-refractivity contribution in [2.24, 2.45) is 0 Å². The van der Waals surface area contributed by atoms with Gasteiger partial charge in [-0.25, -0.2) is 8.78 Å². The molecule has 0 amide bonds. The zero-order valence-corrected chi connectivity index (χ0v) is 13.4. The summed E-state index contributed by atoms with van der Waals surface area (Å²) >= 11 is 0. The summed E-state index contributed by atoms with van der Waals surface area (Å²) < 4.78 is 26.2. The van der Waals surface area contributed by atoms with E-state index < -0.39 is 17.7 Å². The highest BCUT2D eigenvalue weighted by atomic mass is 19.2. The van der Waals surface area contributed by atoms with Crippen molar-refractivity contribution < 1.29 is 13.9 Å². The third-order valence-electron chi connectivity index (χ3n) is 4.38. The van der Waals surface area contributed by atoms with Crippen molar-refractivity contribution in [3.05, 3.63) is 65.5 Å². The number of β-amino-alcohol motifs (C(OH)–C–C–N with tert-alkyl or cyclic N) is 1. The Labute approximate surface area is 140 Å². The van der Waals surface area contributed by atoms with E-state index in [0.29, 0.717) is 12.1 Å². The van der Waals surface area contributed by atoms with Crippen LogP contribution in [0.5, 0.6) is 0 Å². The predicted octanol–water partition coefficient (Wildman–Crippen LogP) is 2.21. The molecule has 1 aromatic carbocycles. The molecule has 1 N–H and O–H groups in total. The highest BCUT2D eigenvalue weighted by molar-refractivity contribution is 5.20. The minimum absolute atomic E-state index is 0.410. The molecular formula is C18H21F2N3O. The van der Waals surface area contributed by atoms with Crippen molar-refractivity contribution in [1.29, 1.82) is 0 Å². The van der Waals surface area contributed by atoms with E-state index in [1.165, 1.54) is 11.6 Å². The standard InChI is InChI=1S/C18H21F2N3O/c19-16-2-1-15(11-17(16)20)18(24)13-23-9-7-22(8-10-23)12-14-3-5-21-6-4-14/h1-6,11,18,24H,7-10,12-13H2. The maximum atomic E-state index is 13.3. The normalized spacial score (nSPS) is 17.8. The summed E-state index contributed by atoms with van der Waals surface area (Å²) in [6.45, 7) is 4.81. The van der Waals surface area contributed by atoms with Gasteiger partial charge in [-0.05, 0) is 35.4 Å². The van der Waals surface area contributed by atoms with Crippen LogP contribution >= 0.6 is 0 Å². The third-order valence-corrected chi connectivity index (χ3v) is 4.38. The number of pyridine rings is 1. The monoisotopic (exact) mass is 333 g/mol. The molecule has 1 aromatic heterocycles. The van der Waals surface area contributed by atoms with Gasteiger partial charge in [0, 0.05) is 51.7 Å². The van der Waals surface area contributed by atoms with E-state index in [4.69, 9.17) is 0 Å². The summed E-state index contributed by atoms with van der Waals surface area (Å²) in [6.07, 6.45) is 2.78. The second-order valence-electron chi connectivity index (χ2n) is 6.12. The van der Waals surface area contributed by atoms with Crippen LogP contribution in [0, 0.1) is 11.6 Å². The molecule has 1 atom stereocenters. The molecule has 2 heterocycles. The fourth-order valence-electron chi connectivity index (χ4n) is 2.95. The lowest BCUT2D eigenvalue weighted by molar-refractivity contribution is 0.0699. The largest absolute Gasteiger partial charge is 0.387 e. The van der Waals surface area contributed by atoms with Crippen LogP contribution < -0.4 is 0 Å². The van der Waals surface area contributed by atoms with Gasteiger partial charge in [0.05, 0.1) is 6.10 Å². The quantitative estimate of drug-likeness (QED) is 0.911. The van der Waals surface area contributed by atoms with Crippen molar-refractivity contribution in [3.8, 4) is 0 Å². The number of piperazine rings is 1. The van der Waals surface area contributed by atoms with Gasteiger partial charge in [0.2, 0.25) is 0 Å². The number of rotatable bonds is 5. The van der Waals surface area contributed by atoms with Crippen LogP contribution in [0.2, 0.25) is 0 Å². The van der Waals surface area contributed by atoms with E-state index in [9.17, 15) is 13.9 Å². The average molecular weight is 333 g/mol. The molecule has 6 heteroatoms. The lowest BCUT2D eigenvalue weighted by Gasteiger charge is -2.35. The Bertz CT molecular complexity index is 661. The summed E-state index contributed by atoms with van der Waals surface area (Å²) in [4.78, 5) is 8.52. The maximum Gasteiger partial charge on any atom is 0.159 e. The highest BCUT2D eigenvalue weighted by Gasteiger charge is 2.20. The fourth-order valence-corrected chi connectivity index (χ4v) is 2.95. The minimum atomic E-state index is -0.922. The lowest BCUT2D eigenvalue weighted by Crippen LogP contribution is -2.47. The Morgan fingerprint density at radius 1 is 0.958 bits per heavy atom. The summed E-state index contributed by atoms with van der Waals surface area (Å²) in [5, 5.41) is 10.2. The highest BCUT2D eigenvalue weighted by Crippen LogP contribution is 2.18. The van der Waals surface area contributed by atoms with Gasteiger partial charge in [0.15, 0.2) is 11.6 Å². The van der Waals surface area contributed by atoms with Crippen LogP contribution in [0.15, 0.2) is 42.7 Å². The molecule has 2 aromatic rings. The molecule has 0 saturated carbocycles. The molecule has 1 aliphatic heterocycles. The Hall–Kier alpha value is -1.89. The van der Waals surface area contributed by atoms with E-state index >= 15 is 0 Å². The first-order valence-corrected chi connectivity index (χ1v) is 8.08. The Balaban J connectivity index is 1.49. The molecule has 1 fully saturated rings. The average Bonchev–Trinajstić information content (AvgIpc) is 2.60. The van der Waals surface area contributed by atoms with E-state index in [0.717, 1.165) is 44.9 Å². The summed E-state index contributed by atoms with van der Waals surface area (Å²) in [6, 6.07) is 7.58. The third kappa shape index (κ3) is 4.35. The summed E-state index contributed by atoms with van der Waals surface area (Å²) in [5.41, 5.74) is 1.65. The van der Waals surface area contributed by atoms with Crippen molar-refractivity contribution in [2.45, 2.75) is 12.6 Å². The lowest BCUT2D eigenvalue weighted by atomic mass is 10.1. The van der Waals surface area contributed by atoms with E-state index in [-0.39, 0.29) is 0 Å². The molecular weight excluding hydrogens is 312 g/mol. The van der Waals surface area contributed by atoms with Gasteiger partial charge in [0.25, 0.3) is 0 Å². The number of hydrogen-bond acceptors (Lipinski definition) is 4. The van der Waals surface area contributed by atoms with Crippen LogP contribution in [-0.2, 0) is 6.54 Å². The zero-order chi connectivity index (χ0) is 16.9. The Morgan fingerprint density at radius 2 is 1.62 bits per heavy atom. The van der Waals surface area contributed by atoms with Crippen molar-refractivity contribution in [1.82, 2.24) is 14.8 Å². The van der Waals surface area contributed by atoms with Crippen molar-refractivity contribution >= 4 is 0 Å². The number of aliphatic hydroxyl groups excluding tert-OH is 1. The van der Waals surface area contributed by atoms with Crippen LogP contribution in [-0.4, -0.2) is 52.6 Å². The molecule has 3 rings (SSSR count). The molecule has 128 valence electrons. The van der Waals surface area contributed by atoms with Gasteiger partial charge in [-0.15, -0.1) is 0 Å². The Morgan fingerprint density at radius 3 is 2.29 bits per heavy atom. The molecule has 0 radical (unpaired) electrons. The van der Waals surface area contributed by atoms with E-state index in [2.05, 4.69) is 14.8 Å². The number of nitrogens with zero attached hydrogens (tertiary/aromatic N) is 3. The van der Waals surface area contributed by atoms with Crippen LogP contribution in [0.1, 0.15) is 17.2 Å².